The number of hydrogen-bond acceptors (Lipinski definition) is 0. The van der Waals surface area contributed by atoms with Crippen LogP contribution in [0.2, 0.25) is 0 Å². The van der Waals surface area contributed by atoms with Crippen molar-refractivity contribution in [1.29, 1.82) is 0 Å². The first-order valence-corrected chi connectivity index (χ1v) is 9.29. The summed E-state index contributed by atoms with van der Waals surface area (Å²) in [6, 6.07) is 0. The van der Waals surface area contributed by atoms with Crippen molar-refractivity contribution in [3.05, 3.63) is 12.2 Å². The standard InChI is InChI=1S/C20H40/c1-6-8-10-11-12-13-15-20(14-9-7-2)17-16-19(5)18(3)4/h18,20H,5-17H2,1-4H3. The van der Waals surface area contributed by atoms with Gasteiger partial charge in [0.1, 0.15) is 0 Å². The average molecular weight is 281 g/mol. The second kappa shape index (κ2) is 13.7. The van der Waals surface area contributed by atoms with E-state index in [1.54, 1.807) is 0 Å². The topological polar surface area (TPSA) is 0 Å². The molecule has 120 valence electrons. The van der Waals surface area contributed by atoms with Crippen molar-refractivity contribution in [2.24, 2.45) is 11.8 Å². The first-order valence-electron chi connectivity index (χ1n) is 9.29. The molecular formula is C20H40. The van der Waals surface area contributed by atoms with Gasteiger partial charge in [0.05, 0.1) is 0 Å². The van der Waals surface area contributed by atoms with Crippen LogP contribution in [0, 0.1) is 11.8 Å². The van der Waals surface area contributed by atoms with E-state index < -0.39 is 0 Å². The Labute approximate surface area is 129 Å². The molecule has 0 nitrogen and oxygen atoms in total. The van der Waals surface area contributed by atoms with Crippen LogP contribution in [0.5, 0.6) is 0 Å². The Morgan fingerprint density at radius 2 is 1.30 bits per heavy atom. The molecule has 0 amide bonds. The zero-order chi connectivity index (χ0) is 15.2. The summed E-state index contributed by atoms with van der Waals surface area (Å²) in [5.74, 6) is 1.62. The zero-order valence-electron chi connectivity index (χ0n) is 14.8. The molecule has 0 N–H and O–H groups in total. The molecule has 0 aliphatic carbocycles. The van der Waals surface area contributed by atoms with Crippen LogP contribution in [0.15, 0.2) is 12.2 Å². The minimum Gasteiger partial charge on any atom is -0.0996 e. The average Bonchev–Trinajstić information content (AvgIpc) is 2.44. The van der Waals surface area contributed by atoms with E-state index in [1.165, 1.54) is 82.6 Å². The Kier molecular flexibility index (Phi) is 13.5. The minimum absolute atomic E-state index is 0.663. The fraction of sp³-hybridized carbons (Fsp3) is 0.900. The molecule has 0 radical (unpaired) electrons. The molecule has 1 unspecified atom stereocenters. The van der Waals surface area contributed by atoms with Crippen molar-refractivity contribution in [3.8, 4) is 0 Å². The predicted molar refractivity (Wildman–Crippen MR) is 94.2 cm³/mol. The van der Waals surface area contributed by atoms with Crippen molar-refractivity contribution < 1.29 is 0 Å². The van der Waals surface area contributed by atoms with Gasteiger partial charge in [0.15, 0.2) is 0 Å². The molecule has 0 bridgehead atoms. The number of hydrogen-bond donors (Lipinski definition) is 0. The van der Waals surface area contributed by atoms with Gasteiger partial charge in [-0.2, -0.15) is 0 Å². The molecule has 0 fully saturated rings. The van der Waals surface area contributed by atoms with E-state index in [0.717, 1.165) is 5.92 Å². The minimum atomic E-state index is 0.663. The van der Waals surface area contributed by atoms with E-state index in [4.69, 9.17) is 0 Å². The maximum atomic E-state index is 4.24. The second-order valence-corrected chi connectivity index (χ2v) is 6.92. The summed E-state index contributed by atoms with van der Waals surface area (Å²) in [5, 5.41) is 0. The molecule has 0 saturated carbocycles. The van der Waals surface area contributed by atoms with E-state index in [1.807, 2.05) is 0 Å². The van der Waals surface area contributed by atoms with Crippen molar-refractivity contribution in [2.75, 3.05) is 0 Å². The Balaban J connectivity index is 3.81. The molecule has 0 aliphatic rings. The lowest BCUT2D eigenvalue weighted by Gasteiger charge is -2.18. The van der Waals surface area contributed by atoms with Crippen LogP contribution in [-0.2, 0) is 0 Å². The highest BCUT2D eigenvalue weighted by Crippen LogP contribution is 2.25. The molecule has 0 aromatic heterocycles. The van der Waals surface area contributed by atoms with E-state index in [-0.39, 0.29) is 0 Å². The van der Waals surface area contributed by atoms with Gasteiger partial charge in [0, 0.05) is 0 Å². The maximum Gasteiger partial charge on any atom is -0.0263 e. The first kappa shape index (κ1) is 19.7. The van der Waals surface area contributed by atoms with Gasteiger partial charge < -0.3 is 0 Å². The van der Waals surface area contributed by atoms with Crippen LogP contribution >= 0.6 is 0 Å². The molecule has 0 heterocycles. The lowest BCUT2D eigenvalue weighted by Crippen LogP contribution is -2.03. The lowest BCUT2D eigenvalue weighted by atomic mass is 9.88. The molecule has 20 heavy (non-hydrogen) atoms. The second-order valence-electron chi connectivity index (χ2n) is 6.92. The lowest BCUT2D eigenvalue weighted by molar-refractivity contribution is 0.383. The van der Waals surface area contributed by atoms with Gasteiger partial charge in [0.25, 0.3) is 0 Å². The molecule has 0 heteroatoms. The summed E-state index contributed by atoms with van der Waals surface area (Å²) < 4.78 is 0. The zero-order valence-corrected chi connectivity index (χ0v) is 14.8. The summed E-state index contributed by atoms with van der Waals surface area (Å²) in [6.45, 7) is 13.4. The molecule has 0 spiro atoms. The monoisotopic (exact) mass is 280 g/mol. The van der Waals surface area contributed by atoms with Crippen molar-refractivity contribution in [3.63, 3.8) is 0 Å². The van der Waals surface area contributed by atoms with Gasteiger partial charge in [-0.15, -0.1) is 0 Å². The fourth-order valence-corrected chi connectivity index (χ4v) is 2.82. The quantitative estimate of drug-likeness (QED) is 0.228. The van der Waals surface area contributed by atoms with Gasteiger partial charge in [0.2, 0.25) is 0 Å². The summed E-state index contributed by atoms with van der Waals surface area (Å²) in [7, 11) is 0. The van der Waals surface area contributed by atoms with Gasteiger partial charge >= 0.3 is 0 Å². The van der Waals surface area contributed by atoms with Gasteiger partial charge in [-0.3, -0.25) is 0 Å². The van der Waals surface area contributed by atoms with Gasteiger partial charge in [-0.1, -0.05) is 104 Å². The van der Waals surface area contributed by atoms with E-state index >= 15 is 0 Å². The van der Waals surface area contributed by atoms with Crippen LogP contribution in [0.1, 0.15) is 105 Å². The largest absolute Gasteiger partial charge is 0.0996 e. The summed E-state index contributed by atoms with van der Waals surface area (Å²) in [4.78, 5) is 0. The van der Waals surface area contributed by atoms with Gasteiger partial charge in [-0.25, -0.2) is 0 Å². The molecule has 0 aliphatic heterocycles. The molecule has 0 saturated heterocycles. The van der Waals surface area contributed by atoms with Crippen LogP contribution in [0.4, 0.5) is 0 Å². The third-order valence-corrected chi connectivity index (χ3v) is 4.62. The third-order valence-electron chi connectivity index (χ3n) is 4.62. The summed E-state index contributed by atoms with van der Waals surface area (Å²) in [6.07, 6.45) is 16.9. The Bertz CT molecular complexity index is 214. The number of unbranched alkanes of at least 4 members (excludes halogenated alkanes) is 6. The number of allylic oxidation sites excluding steroid dienone is 1. The molecule has 1 atom stereocenters. The first-order chi connectivity index (χ1) is 9.61. The van der Waals surface area contributed by atoms with Crippen LogP contribution in [0.3, 0.4) is 0 Å². The van der Waals surface area contributed by atoms with Crippen LogP contribution in [0.25, 0.3) is 0 Å². The smallest absolute Gasteiger partial charge is 0.0263 e. The molecule has 0 rings (SSSR count). The SMILES string of the molecule is C=C(CCC(CCCC)CCCCCCCC)C(C)C. The predicted octanol–water partition coefficient (Wildman–Crippen LogP) is 7.54. The highest BCUT2D eigenvalue weighted by Gasteiger charge is 2.10. The van der Waals surface area contributed by atoms with E-state index in [9.17, 15) is 0 Å². The maximum absolute atomic E-state index is 4.24. The van der Waals surface area contributed by atoms with Crippen LogP contribution in [-0.4, -0.2) is 0 Å². The van der Waals surface area contributed by atoms with Crippen molar-refractivity contribution >= 4 is 0 Å². The third kappa shape index (κ3) is 11.6. The highest BCUT2D eigenvalue weighted by atomic mass is 14.2. The molecule has 0 aromatic rings. The molecular weight excluding hydrogens is 240 g/mol. The summed E-state index contributed by atoms with van der Waals surface area (Å²) >= 11 is 0. The Morgan fingerprint density at radius 3 is 1.90 bits per heavy atom. The highest BCUT2D eigenvalue weighted by molar-refractivity contribution is 4.97. The number of rotatable bonds is 14. The normalized spacial score (nSPS) is 12.8. The Morgan fingerprint density at radius 1 is 0.750 bits per heavy atom. The fourth-order valence-electron chi connectivity index (χ4n) is 2.82. The van der Waals surface area contributed by atoms with Crippen molar-refractivity contribution in [2.45, 2.75) is 105 Å². The summed E-state index contributed by atoms with van der Waals surface area (Å²) in [5.41, 5.74) is 1.45. The Hall–Kier alpha value is -0.260. The van der Waals surface area contributed by atoms with Gasteiger partial charge in [-0.05, 0) is 24.7 Å². The van der Waals surface area contributed by atoms with Crippen LogP contribution < -0.4 is 0 Å². The molecule has 0 aromatic carbocycles. The van der Waals surface area contributed by atoms with Crippen molar-refractivity contribution in [1.82, 2.24) is 0 Å². The van der Waals surface area contributed by atoms with E-state index in [0.29, 0.717) is 5.92 Å². The van der Waals surface area contributed by atoms with E-state index in [2.05, 4.69) is 34.3 Å².